The highest BCUT2D eigenvalue weighted by atomic mass is 79.9. The Morgan fingerprint density at radius 1 is 1.42 bits per heavy atom. The van der Waals surface area contributed by atoms with Gasteiger partial charge in [-0.1, -0.05) is 22.0 Å². The molecule has 1 unspecified atom stereocenters. The zero-order chi connectivity index (χ0) is 13.8. The van der Waals surface area contributed by atoms with Crippen LogP contribution in [0.5, 0.6) is 0 Å². The molecule has 0 aromatic heterocycles. The number of benzene rings is 1. The van der Waals surface area contributed by atoms with E-state index in [0.717, 1.165) is 42.6 Å². The lowest BCUT2D eigenvalue weighted by Crippen LogP contribution is -2.29. The number of aliphatic hydroxyl groups excluding tert-OH is 1. The number of hydrogen-bond acceptors (Lipinski definition) is 3. The van der Waals surface area contributed by atoms with Gasteiger partial charge in [0.15, 0.2) is 0 Å². The van der Waals surface area contributed by atoms with Gasteiger partial charge in [-0.3, -0.25) is 0 Å². The lowest BCUT2D eigenvalue weighted by atomic mass is 9.99. The maximum Gasteiger partial charge on any atom is 0.0772 e. The molecule has 1 heterocycles. The van der Waals surface area contributed by atoms with E-state index in [2.05, 4.69) is 40.0 Å². The molecule has 1 aromatic carbocycles. The maximum absolute atomic E-state index is 9.64. The first-order chi connectivity index (χ1) is 9.08. The van der Waals surface area contributed by atoms with Crippen molar-refractivity contribution in [3.63, 3.8) is 0 Å². The summed E-state index contributed by atoms with van der Waals surface area (Å²) in [5, 5.41) is 9.64. The summed E-state index contributed by atoms with van der Waals surface area (Å²) < 4.78 is 6.37. The number of nitrogens with zero attached hydrogens (tertiary/aromatic N) is 1. The molecular weight excluding hydrogens is 306 g/mol. The van der Waals surface area contributed by atoms with Crippen molar-refractivity contribution in [3.05, 3.63) is 28.2 Å². The number of aliphatic hydroxyl groups is 1. The van der Waals surface area contributed by atoms with Gasteiger partial charge in [0.25, 0.3) is 0 Å². The van der Waals surface area contributed by atoms with Crippen LogP contribution >= 0.6 is 15.9 Å². The van der Waals surface area contributed by atoms with Crippen LogP contribution in [0.15, 0.2) is 22.7 Å². The second kappa shape index (κ2) is 6.73. The summed E-state index contributed by atoms with van der Waals surface area (Å²) in [6.07, 6.45) is 1.86. The summed E-state index contributed by atoms with van der Waals surface area (Å²) in [6, 6.07) is 6.15. The van der Waals surface area contributed by atoms with Gasteiger partial charge < -0.3 is 14.7 Å². The quantitative estimate of drug-likeness (QED) is 0.920. The molecule has 106 valence electrons. The molecule has 0 spiro atoms. The molecule has 1 atom stereocenters. The Balaban J connectivity index is 2.02. The van der Waals surface area contributed by atoms with E-state index in [1.54, 1.807) is 6.92 Å². The summed E-state index contributed by atoms with van der Waals surface area (Å²) in [5.41, 5.74) is 2.12. The Labute approximate surface area is 123 Å². The Hall–Kier alpha value is -0.580. The van der Waals surface area contributed by atoms with Gasteiger partial charge in [-0.05, 0) is 43.4 Å². The lowest BCUT2D eigenvalue weighted by molar-refractivity contribution is 0.0685. The summed E-state index contributed by atoms with van der Waals surface area (Å²) >= 11 is 3.53. The minimum atomic E-state index is -0.441. The molecule has 0 amide bonds. The number of halogens is 1. The first kappa shape index (κ1) is 14.8. The fraction of sp³-hybridized carbons (Fsp3) is 0.600. The van der Waals surface area contributed by atoms with Crippen LogP contribution in [0, 0.1) is 5.92 Å². The molecule has 1 aliphatic rings. The van der Waals surface area contributed by atoms with Crippen LogP contribution in [0.25, 0.3) is 0 Å². The van der Waals surface area contributed by atoms with Crippen LogP contribution in [0.1, 0.15) is 31.4 Å². The maximum atomic E-state index is 9.64. The zero-order valence-electron chi connectivity index (χ0n) is 11.6. The van der Waals surface area contributed by atoms with Crippen LogP contribution in [0.4, 0.5) is 5.69 Å². The van der Waals surface area contributed by atoms with Gasteiger partial charge in [-0.25, -0.2) is 0 Å². The van der Waals surface area contributed by atoms with Gasteiger partial charge in [-0.2, -0.15) is 0 Å². The van der Waals surface area contributed by atoms with Crippen LogP contribution in [-0.2, 0) is 4.74 Å². The van der Waals surface area contributed by atoms with Crippen molar-refractivity contribution in [2.75, 3.05) is 31.7 Å². The molecule has 19 heavy (non-hydrogen) atoms. The number of anilines is 1. The van der Waals surface area contributed by atoms with Crippen molar-refractivity contribution >= 4 is 21.6 Å². The van der Waals surface area contributed by atoms with E-state index >= 15 is 0 Å². The summed E-state index contributed by atoms with van der Waals surface area (Å²) in [7, 11) is 2.12. The second-order valence-corrected chi connectivity index (χ2v) is 6.17. The fourth-order valence-electron chi connectivity index (χ4n) is 2.51. The van der Waals surface area contributed by atoms with Crippen molar-refractivity contribution in [3.8, 4) is 0 Å². The van der Waals surface area contributed by atoms with Gasteiger partial charge in [0.05, 0.1) is 6.10 Å². The highest BCUT2D eigenvalue weighted by Gasteiger charge is 2.16. The van der Waals surface area contributed by atoms with Crippen molar-refractivity contribution in [2.45, 2.75) is 25.9 Å². The van der Waals surface area contributed by atoms with E-state index in [-0.39, 0.29) is 0 Å². The molecule has 0 saturated carbocycles. The Morgan fingerprint density at radius 3 is 2.68 bits per heavy atom. The largest absolute Gasteiger partial charge is 0.389 e. The van der Waals surface area contributed by atoms with Crippen LogP contribution in [0.3, 0.4) is 0 Å². The van der Waals surface area contributed by atoms with Crippen molar-refractivity contribution < 1.29 is 9.84 Å². The Bertz CT molecular complexity index is 417. The molecule has 1 aromatic rings. The number of rotatable bonds is 4. The van der Waals surface area contributed by atoms with Gasteiger partial charge in [0.1, 0.15) is 0 Å². The standard InChI is InChI=1S/C15H22BrNO2/c1-11(18)14-4-3-13(9-15(14)16)17(2)10-12-5-7-19-8-6-12/h3-4,9,11-12,18H,5-8,10H2,1-2H3. The SMILES string of the molecule is CC(O)c1ccc(N(C)CC2CCOCC2)cc1Br. The molecule has 1 fully saturated rings. The third-order valence-electron chi connectivity index (χ3n) is 3.75. The molecule has 0 aliphatic carbocycles. The Kier molecular flexibility index (Phi) is 5.25. The van der Waals surface area contributed by atoms with Crippen LogP contribution in [-0.4, -0.2) is 31.9 Å². The highest BCUT2D eigenvalue weighted by Crippen LogP contribution is 2.28. The topological polar surface area (TPSA) is 32.7 Å². The molecule has 2 rings (SSSR count). The Morgan fingerprint density at radius 2 is 2.11 bits per heavy atom. The molecule has 3 nitrogen and oxygen atoms in total. The lowest BCUT2D eigenvalue weighted by Gasteiger charge is -2.28. The van der Waals surface area contributed by atoms with E-state index in [0.29, 0.717) is 5.92 Å². The van der Waals surface area contributed by atoms with E-state index < -0.39 is 6.10 Å². The third-order valence-corrected chi connectivity index (χ3v) is 4.43. The normalized spacial score (nSPS) is 18.3. The average Bonchev–Trinajstić information content (AvgIpc) is 2.39. The fourth-order valence-corrected chi connectivity index (χ4v) is 3.21. The van der Waals surface area contributed by atoms with Gasteiger partial charge in [0.2, 0.25) is 0 Å². The molecule has 1 saturated heterocycles. The van der Waals surface area contributed by atoms with Gasteiger partial charge in [-0.15, -0.1) is 0 Å². The van der Waals surface area contributed by atoms with E-state index in [9.17, 15) is 5.11 Å². The second-order valence-electron chi connectivity index (χ2n) is 5.32. The molecule has 0 bridgehead atoms. The zero-order valence-corrected chi connectivity index (χ0v) is 13.2. The third kappa shape index (κ3) is 3.94. The number of ether oxygens (including phenoxy) is 1. The van der Waals surface area contributed by atoms with Crippen LogP contribution in [0.2, 0.25) is 0 Å². The first-order valence-electron chi connectivity index (χ1n) is 6.84. The predicted molar refractivity (Wildman–Crippen MR) is 81.6 cm³/mol. The highest BCUT2D eigenvalue weighted by molar-refractivity contribution is 9.10. The average molecular weight is 328 g/mol. The summed E-state index contributed by atoms with van der Waals surface area (Å²) in [5.74, 6) is 0.717. The van der Waals surface area contributed by atoms with Crippen molar-refractivity contribution in [1.82, 2.24) is 0 Å². The van der Waals surface area contributed by atoms with E-state index in [1.165, 1.54) is 5.69 Å². The van der Waals surface area contributed by atoms with Gasteiger partial charge in [0, 0.05) is 37.0 Å². The van der Waals surface area contributed by atoms with Crippen LogP contribution < -0.4 is 4.90 Å². The summed E-state index contributed by atoms with van der Waals surface area (Å²) in [6.45, 7) is 4.63. The van der Waals surface area contributed by atoms with E-state index in [4.69, 9.17) is 4.74 Å². The molecular formula is C15H22BrNO2. The smallest absolute Gasteiger partial charge is 0.0772 e. The molecule has 0 radical (unpaired) electrons. The van der Waals surface area contributed by atoms with Gasteiger partial charge >= 0.3 is 0 Å². The number of hydrogen-bond donors (Lipinski definition) is 1. The predicted octanol–water partition coefficient (Wildman–Crippen LogP) is 3.37. The summed E-state index contributed by atoms with van der Waals surface area (Å²) in [4.78, 5) is 2.28. The minimum absolute atomic E-state index is 0.441. The minimum Gasteiger partial charge on any atom is -0.389 e. The monoisotopic (exact) mass is 327 g/mol. The molecule has 4 heteroatoms. The molecule has 1 N–H and O–H groups in total. The molecule has 1 aliphatic heterocycles. The van der Waals surface area contributed by atoms with E-state index in [1.807, 2.05) is 6.07 Å². The first-order valence-corrected chi connectivity index (χ1v) is 7.63. The van der Waals surface area contributed by atoms with Crippen molar-refractivity contribution in [1.29, 1.82) is 0 Å². The van der Waals surface area contributed by atoms with Crippen molar-refractivity contribution in [2.24, 2.45) is 5.92 Å².